The van der Waals surface area contributed by atoms with E-state index in [1.54, 1.807) is 32.4 Å². The van der Waals surface area contributed by atoms with Crippen LogP contribution in [0.3, 0.4) is 0 Å². The number of nitrogens with one attached hydrogen (secondary N) is 1. The second-order valence-electron chi connectivity index (χ2n) is 6.33. The van der Waals surface area contributed by atoms with Gasteiger partial charge in [0.1, 0.15) is 5.75 Å². The van der Waals surface area contributed by atoms with E-state index < -0.39 is 0 Å². The molecule has 0 bridgehead atoms. The number of benzene rings is 2. The molecule has 0 saturated carbocycles. The van der Waals surface area contributed by atoms with Gasteiger partial charge in [-0.3, -0.25) is 9.59 Å². The first kappa shape index (κ1) is 20.0. The van der Waals surface area contributed by atoms with Crippen molar-refractivity contribution in [3.05, 3.63) is 57.1 Å². The van der Waals surface area contributed by atoms with Crippen molar-refractivity contribution in [2.75, 3.05) is 26.0 Å². The maximum absolute atomic E-state index is 12.5. The summed E-state index contributed by atoms with van der Waals surface area (Å²) in [5.41, 5.74) is 4.44. The average molecular weight is 419 g/mol. The lowest BCUT2D eigenvalue weighted by Gasteiger charge is -2.19. The van der Waals surface area contributed by atoms with Crippen molar-refractivity contribution in [2.45, 2.75) is 20.8 Å². The van der Waals surface area contributed by atoms with E-state index in [9.17, 15) is 9.59 Å². The van der Waals surface area contributed by atoms with Gasteiger partial charge in [-0.15, -0.1) is 0 Å². The van der Waals surface area contributed by atoms with E-state index in [4.69, 9.17) is 4.74 Å². The number of methoxy groups -OCH3 is 1. The molecule has 2 rings (SSSR count). The smallest absolute Gasteiger partial charge is 0.254 e. The molecule has 6 heteroatoms. The molecule has 0 radical (unpaired) electrons. The number of nitrogens with zero attached hydrogens (tertiary/aromatic N) is 1. The van der Waals surface area contributed by atoms with Gasteiger partial charge >= 0.3 is 0 Å². The first-order chi connectivity index (χ1) is 12.2. The van der Waals surface area contributed by atoms with Crippen LogP contribution < -0.4 is 10.1 Å². The normalized spacial score (nSPS) is 10.4. The molecule has 2 aromatic rings. The number of hydrogen-bond donors (Lipinski definition) is 1. The Hall–Kier alpha value is -2.34. The summed E-state index contributed by atoms with van der Waals surface area (Å²) in [6, 6.07) is 9.11. The monoisotopic (exact) mass is 418 g/mol. The van der Waals surface area contributed by atoms with Gasteiger partial charge in [-0.1, -0.05) is 17.7 Å². The molecule has 0 saturated heterocycles. The number of rotatable bonds is 5. The molecule has 0 aliphatic heterocycles. The summed E-state index contributed by atoms with van der Waals surface area (Å²) in [5, 5.41) is 2.91. The first-order valence-electron chi connectivity index (χ1n) is 8.19. The number of anilines is 1. The zero-order valence-electron chi connectivity index (χ0n) is 15.6. The van der Waals surface area contributed by atoms with Gasteiger partial charge in [0.15, 0.2) is 0 Å². The number of halogens is 1. The maximum Gasteiger partial charge on any atom is 0.254 e. The first-order valence-corrected chi connectivity index (χ1v) is 8.99. The van der Waals surface area contributed by atoms with E-state index in [0.717, 1.165) is 22.4 Å². The van der Waals surface area contributed by atoms with Crippen molar-refractivity contribution in [3.8, 4) is 5.75 Å². The second kappa shape index (κ2) is 8.36. The Morgan fingerprint density at radius 1 is 1.12 bits per heavy atom. The number of carbonyl (C=O) groups is 2. The van der Waals surface area contributed by atoms with E-state index in [-0.39, 0.29) is 18.4 Å². The fourth-order valence-corrected chi connectivity index (χ4v) is 3.40. The number of likely N-dealkylation sites (N-methyl/N-ethyl adjacent to an activating group) is 1. The van der Waals surface area contributed by atoms with Crippen LogP contribution in [0.4, 0.5) is 5.69 Å². The lowest BCUT2D eigenvalue weighted by Crippen LogP contribution is -2.35. The van der Waals surface area contributed by atoms with E-state index in [0.29, 0.717) is 15.8 Å². The Kier molecular flexibility index (Phi) is 6.42. The summed E-state index contributed by atoms with van der Waals surface area (Å²) in [6.45, 7) is 5.90. The highest BCUT2D eigenvalue weighted by atomic mass is 79.9. The summed E-state index contributed by atoms with van der Waals surface area (Å²) in [6.07, 6.45) is 0. The quantitative estimate of drug-likeness (QED) is 0.794. The molecule has 0 spiro atoms. The van der Waals surface area contributed by atoms with Gasteiger partial charge in [-0.25, -0.2) is 0 Å². The van der Waals surface area contributed by atoms with Crippen molar-refractivity contribution in [2.24, 2.45) is 0 Å². The van der Waals surface area contributed by atoms with Crippen LogP contribution in [-0.2, 0) is 4.79 Å². The molecule has 5 nitrogen and oxygen atoms in total. The Morgan fingerprint density at radius 3 is 2.27 bits per heavy atom. The fourth-order valence-electron chi connectivity index (χ4n) is 2.86. The molecule has 0 aliphatic carbocycles. The van der Waals surface area contributed by atoms with Gasteiger partial charge in [-0.2, -0.15) is 0 Å². The molecule has 0 fully saturated rings. The third-order valence-corrected chi connectivity index (χ3v) is 4.69. The van der Waals surface area contributed by atoms with Gasteiger partial charge in [0.2, 0.25) is 5.91 Å². The molecule has 138 valence electrons. The third kappa shape index (κ3) is 4.64. The van der Waals surface area contributed by atoms with Crippen LogP contribution in [0.15, 0.2) is 34.8 Å². The number of aryl methyl sites for hydroxylation is 3. The number of ether oxygens (including phenoxy) is 1. The Bertz CT molecular complexity index is 826. The molecular weight excluding hydrogens is 396 g/mol. The van der Waals surface area contributed by atoms with Crippen molar-refractivity contribution < 1.29 is 14.3 Å². The molecule has 2 amide bonds. The topological polar surface area (TPSA) is 58.6 Å². The summed E-state index contributed by atoms with van der Waals surface area (Å²) in [5.74, 6) is 0.177. The Balaban J connectivity index is 2.07. The minimum atomic E-state index is -0.235. The predicted octanol–water partition coefficient (Wildman–Crippen LogP) is 4.09. The van der Waals surface area contributed by atoms with Crippen LogP contribution in [0.5, 0.6) is 5.75 Å². The van der Waals surface area contributed by atoms with Crippen molar-refractivity contribution in [3.63, 3.8) is 0 Å². The highest BCUT2D eigenvalue weighted by Gasteiger charge is 2.17. The summed E-state index contributed by atoms with van der Waals surface area (Å²) in [4.78, 5) is 26.3. The van der Waals surface area contributed by atoms with Crippen LogP contribution in [0, 0.1) is 20.8 Å². The van der Waals surface area contributed by atoms with E-state index in [1.165, 1.54) is 4.90 Å². The van der Waals surface area contributed by atoms with Crippen LogP contribution in [0.1, 0.15) is 27.0 Å². The lowest BCUT2D eigenvalue weighted by molar-refractivity contribution is -0.116. The molecule has 2 aromatic carbocycles. The van der Waals surface area contributed by atoms with E-state index >= 15 is 0 Å². The molecule has 0 unspecified atom stereocenters. The number of amides is 2. The van der Waals surface area contributed by atoms with Gasteiger partial charge < -0.3 is 15.0 Å². The molecule has 0 aromatic heterocycles. The summed E-state index contributed by atoms with van der Waals surface area (Å²) < 4.78 is 5.86. The standard InChI is InChI=1S/C20H23BrN2O3/c1-12-8-13(2)19(14(3)9-12)22-18(24)11-23(4)20(25)15-6-7-17(26-5)16(21)10-15/h6-10H,11H2,1-5H3,(H,22,24). The van der Waals surface area contributed by atoms with E-state index in [1.807, 2.05) is 32.9 Å². The maximum atomic E-state index is 12.5. The molecule has 0 aliphatic rings. The highest BCUT2D eigenvalue weighted by Crippen LogP contribution is 2.26. The van der Waals surface area contributed by atoms with Crippen LogP contribution >= 0.6 is 15.9 Å². The Labute approximate surface area is 162 Å². The SMILES string of the molecule is COc1ccc(C(=O)N(C)CC(=O)Nc2c(C)cc(C)cc2C)cc1Br. The third-order valence-electron chi connectivity index (χ3n) is 4.07. The summed E-state index contributed by atoms with van der Waals surface area (Å²) >= 11 is 3.37. The van der Waals surface area contributed by atoms with Gasteiger partial charge in [-0.05, 0) is 66.0 Å². The molecule has 0 atom stereocenters. The lowest BCUT2D eigenvalue weighted by atomic mass is 10.1. The van der Waals surface area contributed by atoms with Crippen LogP contribution in [0.2, 0.25) is 0 Å². The molecule has 1 N–H and O–H groups in total. The Morgan fingerprint density at radius 2 is 1.73 bits per heavy atom. The van der Waals surface area contributed by atoms with Crippen molar-refractivity contribution >= 4 is 33.4 Å². The van der Waals surface area contributed by atoms with Crippen molar-refractivity contribution in [1.82, 2.24) is 4.90 Å². The highest BCUT2D eigenvalue weighted by molar-refractivity contribution is 9.10. The van der Waals surface area contributed by atoms with Gasteiger partial charge in [0.25, 0.3) is 5.91 Å². The summed E-state index contributed by atoms with van der Waals surface area (Å²) in [7, 11) is 3.17. The van der Waals surface area contributed by atoms with Gasteiger partial charge in [0, 0.05) is 18.3 Å². The van der Waals surface area contributed by atoms with Crippen LogP contribution in [0.25, 0.3) is 0 Å². The number of hydrogen-bond acceptors (Lipinski definition) is 3. The van der Waals surface area contributed by atoms with Gasteiger partial charge in [0.05, 0.1) is 18.1 Å². The van der Waals surface area contributed by atoms with Crippen molar-refractivity contribution in [1.29, 1.82) is 0 Å². The molecule has 26 heavy (non-hydrogen) atoms. The largest absolute Gasteiger partial charge is 0.496 e. The molecule has 0 heterocycles. The van der Waals surface area contributed by atoms with E-state index in [2.05, 4.69) is 21.2 Å². The minimum Gasteiger partial charge on any atom is -0.496 e. The van der Waals surface area contributed by atoms with Crippen LogP contribution in [-0.4, -0.2) is 37.4 Å². The predicted molar refractivity (Wildman–Crippen MR) is 107 cm³/mol. The molecular formula is C20H23BrN2O3. The second-order valence-corrected chi connectivity index (χ2v) is 7.19. The number of carbonyl (C=O) groups excluding carboxylic acids is 2. The average Bonchev–Trinajstić information content (AvgIpc) is 2.57. The zero-order valence-corrected chi connectivity index (χ0v) is 17.2. The minimum absolute atomic E-state index is 0.0325. The zero-order chi connectivity index (χ0) is 19.4. The fraction of sp³-hybridized carbons (Fsp3) is 0.300.